The maximum atomic E-state index is 11.3. The molecule has 19 heavy (non-hydrogen) atoms. The highest BCUT2D eigenvalue weighted by Crippen LogP contribution is 2.28. The minimum Gasteiger partial charge on any atom is -0.339 e. The number of amides is 1. The fourth-order valence-corrected chi connectivity index (χ4v) is 2.37. The molecule has 0 saturated heterocycles. The molecule has 0 N–H and O–H groups in total. The van der Waals surface area contributed by atoms with E-state index in [1.54, 1.807) is 13.0 Å². The molecule has 1 amide bonds. The molecule has 0 bridgehead atoms. The Morgan fingerprint density at radius 2 is 2.21 bits per heavy atom. The minimum absolute atomic E-state index is 0.116. The van der Waals surface area contributed by atoms with E-state index in [0.717, 1.165) is 30.5 Å². The predicted molar refractivity (Wildman–Crippen MR) is 76.1 cm³/mol. The van der Waals surface area contributed by atoms with Crippen molar-refractivity contribution in [3.05, 3.63) is 40.3 Å². The van der Waals surface area contributed by atoms with Gasteiger partial charge in [-0.15, -0.1) is 4.91 Å². The van der Waals surface area contributed by atoms with Gasteiger partial charge in [0.1, 0.15) is 5.69 Å². The molecular formula is C15H18N2O2. The summed E-state index contributed by atoms with van der Waals surface area (Å²) in [4.78, 5) is 23.8. The molecule has 0 radical (unpaired) electrons. The number of benzene rings is 1. The van der Waals surface area contributed by atoms with E-state index in [9.17, 15) is 9.70 Å². The lowest BCUT2D eigenvalue weighted by Crippen LogP contribution is -2.32. The van der Waals surface area contributed by atoms with E-state index in [2.05, 4.69) is 11.3 Å². The maximum absolute atomic E-state index is 11.3. The molecule has 1 aliphatic heterocycles. The normalized spacial score (nSPS) is 15.1. The molecule has 0 fully saturated rings. The van der Waals surface area contributed by atoms with Gasteiger partial charge in [-0.05, 0) is 46.9 Å². The molecule has 1 aromatic rings. The quantitative estimate of drug-likeness (QED) is 0.781. The van der Waals surface area contributed by atoms with Crippen LogP contribution in [0.1, 0.15) is 31.4 Å². The number of carbonyl (C=O) groups excluding carboxylic acids is 1. The Labute approximate surface area is 113 Å². The van der Waals surface area contributed by atoms with Crippen LogP contribution in [0.4, 0.5) is 5.69 Å². The van der Waals surface area contributed by atoms with Crippen molar-refractivity contribution < 1.29 is 4.79 Å². The van der Waals surface area contributed by atoms with Gasteiger partial charge in [0.05, 0.1) is 0 Å². The van der Waals surface area contributed by atoms with Crippen molar-refractivity contribution in [3.63, 3.8) is 0 Å². The molecule has 0 aliphatic carbocycles. The second-order valence-corrected chi connectivity index (χ2v) is 4.73. The summed E-state index contributed by atoms with van der Waals surface area (Å²) in [5.41, 5.74) is 3.87. The van der Waals surface area contributed by atoms with Crippen LogP contribution >= 0.6 is 0 Å². The monoisotopic (exact) mass is 258 g/mol. The Balaban J connectivity index is 2.24. The molecule has 4 nitrogen and oxygen atoms in total. The summed E-state index contributed by atoms with van der Waals surface area (Å²) < 4.78 is 0. The van der Waals surface area contributed by atoms with Crippen molar-refractivity contribution in [2.24, 2.45) is 5.18 Å². The molecule has 0 spiro atoms. The largest absolute Gasteiger partial charge is 0.339 e. The first-order valence-corrected chi connectivity index (χ1v) is 6.57. The zero-order valence-electron chi connectivity index (χ0n) is 11.3. The van der Waals surface area contributed by atoms with Gasteiger partial charge in [0.15, 0.2) is 0 Å². The topological polar surface area (TPSA) is 49.7 Å². The van der Waals surface area contributed by atoms with Gasteiger partial charge in [0.2, 0.25) is 5.91 Å². The first-order chi connectivity index (χ1) is 9.15. The molecule has 100 valence electrons. The molecule has 0 saturated carbocycles. The highest BCUT2D eigenvalue weighted by atomic mass is 16.3. The Hall–Kier alpha value is -1.97. The first kappa shape index (κ1) is 13.5. The zero-order valence-corrected chi connectivity index (χ0v) is 11.3. The van der Waals surface area contributed by atoms with E-state index in [-0.39, 0.29) is 5.91 Å². The second-order valence-electron chi connectivity index (χ2n) is 4.73. The fraction of sp³-hybridized carbons (Fsp3) is 0.400. The van der Waals surface area contributed by atoms with Gasteiger partial charge < -0.3 is 4.90 Å². The number of hydrogen-bond acceptors (Lipinski definition) is 3. The lowest BCUT2D eigenvalue weighted by atomic mass is 9.96. The summed E-state index contributed by atoms with van der Waals surface area (Å²) in [5, 5.41) is 3.04. The van der Waals surface area contributed by atoms with Crippen molar-refractivity contribution >= 4 is 17.2 Å². The van der Waals surface area contributed by atoms with Gasteiger partial charge in [-0.2, -0.15) is 0 Å². The standard InChI is InChI=1S/C15H18N2O2/c1-3-12-10-14(4-5-15(12)16-19)13-6-8-17(9-7-13)11(2)18/h4-6,10H,3,7-9H2,1-2H3. The molecule has 0 unspecified atom stereocenters. The third kappa shape index (κ3) is 2.89. The Bertz CT molecular complexity index is 535. The van der Waals surface area contributed by atoms with Crippen LogP contribution < -0.4 is 0 Å². The summed E-state index contributed by atoms with van der Waals surface area (Å²) in [5.74, 6) is 0.116. The lowest BCUT2D eigenvalue weighted by molar-refractivity contribution is -0.128. The number of nitroso groups, excluding NO2 is 1. The number of aryl methyl sites for hydroxylation is 1. The maximum Gasteiger partial charge on any atom is 0.219 e. The number of carbonyl (C=O) groups is 1. The van der Waals surface area contributed by atoms with Gasteiger partial charge in [-0.1, -0.05) is 19.1 Å². The van der Waals surface area contributed by atoms with Crippen LogP contribution in [0.3, 0.4) is 0 Å². The van der Waals surface area contributed by atoms with Crippen molar-refractivity contribution in [2.45, 2.75) is 26.7 Å². The van der Waals surface area contributed by atoms with Crippen molar-refractivity contribution in [3.8, 4) is 0 Å². The highest BCUT2D eigenvalue weighted by molar-refractivity contribution is 5.76. The van der Waals surface area contributed by atoms with Crippen LogP contribution in [0.25, 0.3) is 5.57 Å². The average molecular weight is 258 g/mol. The van der Waals surface area contributed by atoms with Gasteiger partial charge in [0, 0.05) is 20.0 Å². The molecule has 1 heterocycles. The smallest absolute Gasteiger partial charge is 0.219 e. The molecule has 0 atom stereocenters. The molecule has 4 heteroatoms. The van der Waals surface area contributed by atoms with E-state index >= 15 is 0 Å². The van der Waals surface area contributed by atoms with E-state index in [1.807, 2.05) is 24.0 Å². The fourth-order valence-electron chi connectivity index (χ4n) is 2.37. The van der Waals surface area contributed by atoms with Gasteiger partial charge in [-0.3, -0.25) is 4.79 Å². The number of rotatable bonds is 3. The lowest BCUT2D eigenvalue weighted by Gasteiger charge is -2.25. The third-order valence-electron chi connectivity index (χ3n) is 3.58. The molecule has 2 rings (SSSR count). The summed E-state index contributed by atoms with van der Waals surface area (Å²) in [6, 6.07) is 5.75. The highest BCUT2D eigenvalue weighted by Gasteiger charge is 2.15. The summed E-state index contributed by atoms with van der Waals surface area (Å²) in [7, 11) is 0. The van der Waals surface area contributed by atoms with Crippen LogP contribution in [0.5, 0.6) is 0 Å². The van der Waals surface area contributed by atoms with Gasteiger partial charge >= 0.3 is 0 Å². The first-order valence-electron chi connectivity index (χ1n) is 6.57. The molecule has 0 aromatic heterocycles. The number of nitrogens with zero attached hydrogens (tertiary/aromatic N) is 2. The Kier molecular flexibility index (Phi) is 4.10. The summed E-state index contributed by atoms with van der Waals surface area (Å²) >= 11 is 0. The second kappa shape index (κ2) is 5.78. The van der Waals surface area contributed by atoms with Crippen molar-refractivity contribution in [2.75, 3.05) is 13.1 Å². The molecule has 1 aromatic carbocycles. The van der Waals surface area contributed by atoms with Crippen LogP contribution in [-0.2, 0) is 11.2 Å². The summed E-state index contributed by atoms with van der Waals surface area (Å²) in [6.45, 7) is 5.04. The summed E-state index contributed by atoms with van der Waals surface area (Å²) in [6.07, 6.45) is 3.74. The van der Waals surface area contributed by atoms with Crippen molar-refractivity contribution in [1.29, 1.82) is 0 Å². The van der Waals surface area contributed by atoms with Crippen molar-refractivity contribution in [1.82, 2.24) is 4.90 Å². The molecule has 1 aliphatic rings. The van der Waals surface area contributed by atoms with E-state index in [1.165, 1.54) is 5.57 Å². The predicted octanol–water partition coefficient (Wildman–Crippen LogP) is 3.28. The van der Waals surface area contributed by atoms with Crippen LogP contribution in [0, 0.1) is 4.91 Å². The van der Waals surface area contributed by atoms with Crippen LogP contribution in [-0.4, -0.2) is 23.9 Å². The van der Waals surface area contributed by atoms with Gasteiger partial charge in [0.25, 0.3) is 0 Å². The van der Waals surface area contributed by atoms with E-state index in [4.69, 9.17) is 0 Å². The van der Waals surface area contributed by atoms with Crippen LogP contribution in [0.2, 0.25) is 0 Å². The third-order valence-corrected chi connectivity index (χ3v) is 3.58. The number of hydrogen-bond donors (Lipinski definition) is 0. The zero-order chi connectivity index (χ0) is 13.8. The average Bonchev–Trinajstić information content (AvgIpc) is 2.46. The van der Waals surface area contributed by atoms with Gasteiger partial charge in [-0.25, -0.2) is 0 Å². The Morgan fingerprint density at radius 3 is 2.74 bits per heavy atom. The molecular weight excluding hydrogens is 240 g/mol. The minimum atomic E-state index is 0.116. The Morgan fingerprint density at radius 1 is 1.42 bits per heavy atom. The van der Waals surface area contributed by atoms with E-state index < -0.39 is 0 Å². The van der Waals surface area contributed by atoms with E-state index in [0.29, 0.717) is 12.2 Å². The van der Waals surface area contributed by atoms with Crippen LogP contribution in [0.15, 0.2) is 29.5 Å². The SMILES string of the molecule is CCc1cc(C2=CCN(C(C)=O)CC2)ccc1N=O.